The Hall–Kier alpha value is -3.19. The smallest absolute Gasteiger partial charge is 0.328 e. The van der Waals surface area contributed by atoms with Crippen molar-refractivity contribution in [3.8, 4) is 0 Å². The standard InChI is InChI=1S/C26H30N4O3/c27-23(31)18-29-24(32)26(30(25(29)33)13-10-19-6-2-1-3-7-19)11-14-28(15-12-26)22-16-20-8-4-5-9-21(20)17-22/h1-9,22H,10-18H2,(H2,27,31). The highest BCUT2D eigenvalue weighted by molar-refractivity contribution is 6.09. The molecule has 172 valence electrons. The van der Waals surface area contributed by atoms with Crippen LogP contribution in [-0.2, 0) is 28.9 Å². The van der Waals surface area contributed by atoms with E-state index >= 15 is 0 Å². The Labute approximate surface area is 194 Å². The number of hydrogen-bond donors (Lipinski definition) is 1. The van der Waals surface area contributed by atoms with Gasteiger partial charge >= 0.3 is 6.03 Å². The van der Waals surface area contributed by atoms with Gasteiger partial charge in [0.2, 0.25) is 5.91 Å². The zero-order chi connectivity index (χ0) is 23.0. The van der Waals surface area contributed by atoms with E-state index in [1.54, 1.807) is 4.90 Å². The fraction of sp³-hybridized carbons (Fsp3) is 0.423. The first-order chi connectivity index (χ1) is 16.0. The third-order valence-electron chi connectivity index (χ3n) is 7.57. The van der Waals surface area contributed by atoms with Crippen molar-refractivity contribution in [1.29, 1.82) is 0 Å². The fourth-order valence-corrected chi connectivity index (χ4v) is 5.81. The summed E-state index contributed by atoms with van der Waals surface area (Å²) in [7, 11) is 0. The molecule has 7 heteroatoms. The lowest BCUT2D eigenvalue weighted by Gasteiger charge is -2.44. The maximum atomic E-state index is 13.5. The lowest BCUT2D eigenvalue weighted by atomic mass is 9.84. The molecule has 0 unspecified atom stereocenters. The summed E-state index contributed by atoms with van der Waals surface area (Å²) in [6.45, 7) is 1.59. The van der Waals surface area contributed by atoms with Crippen LogP contribution in [0.4, 0.5) is 4.79 Å². The van der Waals surface area contributed by atoms with E-state index in [9.17, 15) is 14.4 Å². The molecule has 2 heterocycles. The number of primary amides is 1. The Morgan fingerprint density at radius 1 is 0.939 bits per heavy atom. The van der Waals surface area contributed by atoms with Gasteiger partial charge in [0.25, 0.3) is 5.91 Å². The third-order valence-corrected chi connectivity index (χ3v) is 7.57. The van der Waals surface area contributed by atoms with E-state index in [0.717, 1.165) is 36.4 Å². The summed E-state index contributed by atoms with van der Waals surface area (Å²) in [4.78, 5) is 43.6. The van der Waals surface area contributed by atoms with Gasteiger partial charge in [0.1, 0.15) is 12.1 Å². The molecule has 0 saturated carbocycles. The van der Waals surface area contributed by atoms with Gasteiger partial charge in [-0.25, -0.2) is 4.79 Å². The predicted molar refractivity (Wildman–Crippen MR) is 124 cm³/mol. The molecule has 7 nitrogen and oxygen atoms in total. The summed E-state index contributed by atoms with van der Waals surface area (Å²) in [6, 6.07) is 18.6. The van der Waals surface area contributed by atoms with E-state index in [0.29, 0.717) is 31.8 Å². The third kappa shape index (κ3) is 3.91. The van der Waals surface area contributed by atoms with Crippen LogP contribution in [-0.4, -0.2) is 70.3 Å². The lowest BCUT2D eigenvalue weighted by molar-refractivity contribution is -0.138. The molecule has 2 aliphatic heterocycles. The van der Waals surface area contributed by atoms with Crippen LogP contribution >= 0.6 is 0 Å². The van der Waals surface area contributed by atoms with E-state index < -0.39 is 17.5 Å². The van der Waals surface area contributed by atoms with Crippen LogP contribution < -0.4 is 5.73 Å². The van der Waals surface area contributed by atoms with Gasteiger partial charge in [0.15, 0.2) is 0 Å². The van der Waals surface area contributed by atoms with Crippen molar-refractivity contribution in [2.75, 3.05) is 26.2 Å². The molecule has 0 aromatic heterocycles. The molecule has 0 atom stereocenters. The number of nitrogens with zero attached hydrogens (tertiary/aromatic N) is 3. The van der Waals surface area contributed by atoms with Crippen molar-refractivity contribution < 1.29 is 14.4 Å². The van der Waals surface area contributed by atoms with Gasteiger partial charge in [-0.3, -0.25) is 19.4 Å². The van der Waals surface area contributed by atoms with Gasteiger partial charge in [-0.05, 0) is 48.8 Å². The molecule has 2 fully saturated rings. The molecule has 2 aromatic rings. The number of amides is 4. The number of nitrogens with two attached hydrogens (primary N) is 1. The number of carbonyl (C=O) groups excluding carboxylic acids is 3. The maximum absolute atomic E-state index is 13.5. The predicted octanol–water partition coefficient (Wildman–Crippen LogP) is 1.98. The zero-order valence-electron chi connectivity index (χ0n) is 18.8. The van der Waals surface area contributed by atoms with Crippen LogP contribution in [0.3, 0.4) is 0 Å². The first kappa shape index (κ1) is 21.6. The van der Waals surface area contributed by atoms with Crippen LogP contribution in [0, 0.1) is 0 Å². The monoisotopic (exact) mass is 446 g/mol. The molecule has 1 spiro atoms. The fourth-order valence-electron chi connectivity index (χ4n) is 5.81. The number of fused-ring (bicyclic) bond motifs is 1. The van der Waals surface area contributed by atoms with Gasteiger partial charge < -0.3 is 10.6 Å². The summed E-state index contributed by atoms with van der Waals surface area (Å²) < 4.78 is 0. The molecular weight excluding hydrogens is 416 g/mol. The summed E-state index contributed by atoms with van der Waals surface area (Å²) in [5.41, 5.74) is 8.41. The van der Waals surface area contributed by atoms with Crippen molar-refractivity contribution in [1.82, 2.24) is 14.7 Å². The molecule has 3 aliphatic rings. The highest BCUT2D eigenvalue weighted by Gasteiger charge is 2.58. The van der Waals surface area contributed by atoms with Crippen LogP contribution in [0.1, 0.15) is 29.5 Å². The summed E-state index contributed by atoms with van der Waals surface area (Å²) >= 11 is 0. The largest absolute Gasteiger partial charge is 0.368 e. The SMILES string of the molecule is NC(=O)CN1C(=O)N(CCc2ccccc2)C2(CCN(C3Cc4ccccc4C3)CC2)C1=O. The van der Waals surface area contributed by atoms with E-state index in [4.69, 9.17) is 5.73 Å². The lowest BCUT2D eigenvalue weighted by Crippen LogP contribution is -2.58. The second-order valence-electron chi connectivity index (χ2n) is 9.43. The molecule has 1 aliphatic carbocycles. The highest BCUT2D eigenvalue weighted by Crippen LogP contribution is 2.39. The number of carbonyl (C=O) groups is 3. The molecule has 2 aromatic carbocycles. The van der Waals surface area contributed by atoms with Gasteiger partial charge in [-0.2, -0.15) is 0 Å². The Morgan fingerprint density at radius 2 is 1.55 bits per heavy atom. The second kappa shape index (κ2) is 8.63. The Bertz CT molecular complexity index is 1040. The first-order valence-corrected chi connectivity index (χ1v) is 11.7. The molecule has 2 N–H and O–H groups in total. The molecule has 4 amide bonds. The average Bonchev–Trinajstić information content (AvgIpc) is 3.33. The van der Waals surface area contributed by atoms with Gasteiger partial charge in [0.05, 0.1) is 0 Å². The number of piperidine rings is 1. The van der Waals surface area contributed by atoms with Crippen LogP contribution in [0.25, 0.3) is 0 Å². The van der Waals surface area contributed by atoms with Crippen LogP contribution in [0.2, 0.25) is 0 Å². The molecule has 0 radical (unpaired) electrons. The molecule has 5 rings (SSSR count). The average molecular weight is 447 g/mol. The number of urea groups is 1. The zero-order valence-corrected chi connectivity index (χ0v) is 18.8. The van der Waals surface area contributed by atoms with Crippen molar-refractivity contribution in [2.45, 2.75) is 43.7 Å². The summed E-state index contributed by atoms with van der Waals surface area (Å²) in [6.07, 6.45) is 3.87. The minimum atomic E-state index is -0.886. The quantitative estimate of drug-likeness (QED) is 0.688. The highest BCUT2D eigenvalue weighted by atomic mass is 16.2. The van der Waals surface area contributed by atoms with Gasteiger partial charge in [-0.1, -0.05) is 54.6 Å². The first-order valence-electron chi connectivity index (χ1n) is 11.7. The van der Waals surface area contributed by atoms with E-state index in [2.05, 4.69) is 29.2 Å². The van der Waals surface area contributed by atoms with Crippen molar-refractivity contribution in [3.63, 3.8) is 0 Å². The number of imide groups is 1. The van der Waals surface area contributed by atoms with E-state index in [1.165, 1.54) is 11.1 Å². The van der Waals surface area contributed by atoms with Gasteiger partial charge in [-0.15, -0.1) is 0 Å². The second-order valence-corrected chi connectivity index (χ2v) is 9.43. The Morgan fingerprint density at radius 3 is 2.15 bits per heavy atom. The number of likely N-dealkylation sites (tertiary alicyclic amines) is 1. The number of rotatable bonds is 6. The van der Waals surface area contributed by atoms with E-state index in [1.807, 2.05) is 30.3 Å². The minimum Gasteiger partial charge on any atom is -0.368 e. The Balaban J connectivity index is 1.33. The molecule has 0 bridgehead atoms. The van der Waals surface area contributed by atoms with Crippen LogP contribution in [0.15, 0.2) is 54.6 Å². The molecule has 2 saturated heterocycles. The molecule has 33 heavy (non-hydrogen) atoms. The molecular formula is C26H30N4O3. The van der Waals surface area contributed by atoms with Gasteiger partial charge in [0, 0.05) is 25.7 Å². The van der Waals surface area contributed by atoms with Crippen molar-refractivity contribution >= 4 is 17.8 Å². The minimum absolute atomic E-state index is 0.270. The summed E-state index contributed by atoms with van der Waals surface area (Å²) in [5.74, 6) is -0.938. The normalized spacial score (nSPS) is 20.6. The van der Waals surface area contributed by atoms with Crippen molar-refractivity contribution in [3.05, 3.63) is 71.3 Å². The van der Waals surface area contributed by atoms with Crippen molar-refractivity contribution in [2.24, 2.45) is 5.73 Å². The van der Waals surface area contributed by atoms with Crippen LogP contribution in [0.5, 0.6) is 0 Å². The number of benzene rings is 2. The maximum Gasteiger partial charge on any atom is 0.328 e. The Kier molecular flexibility index (Phi) is 5.66. The number of hydrogen-bond acceptors (Lipinski definition) is 4. The summed E-state index contributed by atoms with van der Waals surface area (Å²) in [5, 5.41) is 0. The van der Waals surface area contributed by atoms with E-state index in [-0.39, 0.29) is 12.5 Å². The topological polar surface area (TPSA) is 86.9 Å².